The predicted octanol–water partition coefficient (Wildman–Crippen LogP) is 3.08. The Morgan fingerprint density at radius 2 is 1.94 bits per heavy atom. The smallest absolute Gasteiger partial charge is 0.227 e. The Morgan fingerprint density at radius 1 is 1.15 bits per heavy atom. The molecule has 0 saturated carbocycles. The first-order valence-electron chi connectivity index (χ1n) is 12.3. The summed E-state index contributed by atoms with van der Waals surface area (Å²) in [4.78, 5) is 27.7. The summed E-state index contributed by atoms with van der Waals surface area (Å²) in [6.45, 7) is 6.15. The Hall–Kier alpha value is -2.51. The summed E-state index contributed by atoms with van der Waals surface area (Å²) < 4.78 is 5.46. The zero-order chi connectivity index (χ0) is 22.8. The molecule has 3 aliphatic rings. The monoisotopic (exact) mass is 449 g/mol. The molecule has 2 fully saturated rings. The summed E-state index contributed by atoms with van der Waals surface area (Å²) in [7, 11) is 2.15. The molecule has 0 spiro atoms. The maximum Gasteiger partial charge on any atom is 0.227 e. The van der Waals surface area contributed by atoms with Crippen LogP contribution >= 0.6 is 0 Å². The van der Waals surface area contributed by atoms with Gasteiger partial charge in [0.15, 0.2) is 0 Å². The number of fused-ring (bicyclic) bond motifs is 1. The van der Waals surface area contributed by atoms with Gasteiger partial charge in [-0.05, 0) is 57.3 Å². The lowest BCUT2D eigenvalue weighted by molar-refractivity contribution is -0.141. The first kappa shape index (κ1) is 22.3. The molecule has 3 aliphatic heterocycles. The van der Waals surface area contributed by atoms with Crippen molar-refractivity contribution in [2.45, 2.75) is 57.2 Å². The highest BCUT2D eigenvalue weighted by atomic mass is 16.5. The van der Waals surface area contributed by atoms with Gasteiger partial charge in [-0.1, -0.05) is 30.3 Å². The van der Waals surface area contributed by atoms with Gasteiger partial charge >= 0.3 is 0 Å². The van der Waals surface area contributed by atoms with Crippen LogP contribution in [0.1, 0.15) is 48.9 Å². The van der Waals surface area contributed by atoms with Crippen molar-refractivity contribution in [3.63, 3.8) is 0 Å². The van der Waals surface area contributed by atoms with Crippen molar-refractivity contribution < 1.29 is 9.53 Å². The van der Waals surface area contributed by atoms with E-state index in [0.29, 0.717) is 18.5 Å². The largest absolute Gasteiger partial charge is 0.381 e. The standard InChI is InChI=1S/C26H35N5O2/c1-18-14-20-15-27-26(28-21-9-12-33-13-10-21)29-24(20)17-31(18)25(32)22-8-11-30(2)16-23(22)19-6-4-3-5-7-19/h3-7,15,18,21-23H,8-14,16-17H2,1-2H3,(H,27,28,29)/t18-,22?,23-/m1/s1. The Balaban J connectivity index is 1.34. The van der Waals surface area contributed by atoms with Crippen molar-refractivity contribution in [3.8, 4) is 0 Å². The minimum atomic E-state index is 0.00858. The summed E-state index contributed by atoms with van der Waals surface area (Å²) in [5.41, 5.74) is 3.40. The van der Waals surface area contributed by atoms with Gasteiger partial charge in [0.2, 0.25) is 11.9 Å². The molecule has 1 amide bonds. The molecular formula is C26H35N5O2. The number of hydrogen-bond donors (Lipinski definition) is 1. The summed E-state index contributed by atoms with van der Waals surface area (Å²) >= 11 is 0. The van der Waals surface area contributed by atoms with Gasteiger partial charge in [-0.25, -0.2) is 9.97 Å². The van der Waals surface area contributed by atoms with E-state index in [4.69, 9.17) is 9.72 Å². The van der Waals surface area contributed by atoms with Crippen LogP contribution in [0.2, 0.25) is 0 Å². The fourth-order valence-corrected chi connectivity index (χ4v) is 5.55. The van der Waals surface area contributed by atoms with Crippen molar-refractivity contribution in [2.75, 3.05) is 38.7 Å². The lowest BCUT2D eigenvalue weighted by atomic mass is 9.79. The highest BCUT2D eigenvalue weighted by Gasteiger charge is 2.39. The minimum absolute atomic E-state index is 0.00858. The quantitative estimate of drug-likeness (QED) is 0.774. The van der Waals surface area contributed by atoms with Crippen molar-refractivity contribution >= 4 is 11.9 Å². The van der Waals surface area contributed by atoms with Crippen LogP contribution in [0.4, 0.5) is 5.95 Å². The van der Waals surface area contributed by atoms with Crippen LogP contribution in [0, 0.1) is 5.92 Å². The van der Waals surface area contributed by atoms with E-state index in [-0.39, 0.29) is 23.8 Å². The summed E-state index contributed by atoms with van der Waals surface area (Å²) in [6, 6.07) is 11.0. The molecule has 1 aromatic heterocycles. The van der Waals surface area contributed by atoms with Gasteiger partial charge in [0.25, 0.3) is 0 Å². The molecule has 176 valence electrons. The van der Waals surface area contributed by atoms with Gasteiger partial charge in [-0.3, -0.25) is 4.79 Å². The number of anilines is 1. The molecule has 3 atom stereocenters. The fourth-order valence-electron chi connectivity index (χ4n) is 5.55. The highest BCUT2D eigenvalue weighted by Crippen LogP contribution is 2.35. The Labute approximate surface area is 196 Å². The molecule has 7 heteroatoms. The van der Waals surface area contributed by atoms with Crippen molar-refractivity contribution in [3.05, 3.63) is 53.3 Å². The molecule has 33 heavy (non-hydrogen) atoms. The number of nitrogens with zero attached hydrogens (tertiary/aromatic N) is 4. The third-order valence-electron chi connectivity index (χ3n) is 7.52. The molecule has 0 bridgehead atoms. The number of carbonyl (C=O) groups excluding carboxylic acids is 1. The maximum atomic E-state index is 13.9. The van der Waals surface area contributed by atoms with Gasteiger partial charge in [-0.2, -0.15) is 0 Å². The maximum absolute atomic E-state index is 13.9. The third kappa shape index (κ3) is 4.89. The molecule has 1 aromatic carbocycles. The molecule has 2 aromatic rings. The van der Waals surface area contributed by atoms with E-state index in [9.17, 15) is 4.79 Å². The van der Waals surface area contributed by atoms with Crippen LogP contribution in [-0.2, 0) is 22.5 Å². The number of nitrogens with one attached hydrogen (secondary N) is 1. The first-order valence-corrected chi connectivity index (χ1v) is 12.3. The lowest BCUT2D eigenvalue weighted by Gasteiger charge is -2.42. The summed E-state index contributed by atoms with van der Waals surface area (Å²) in [5, 5.41) is 3.47. The third-order valence-corrected chi connectivity index (χ3v) is 7.52. The normalized spacial score (nSPS) is 26.6. The molecule has 1 unspecified atom stereocenters. The van der Waals surface area contributed by atoms with E-state index < -0.39 is 0 Å². The topological polar surface area (TPSA) is 70.6 Å². The van der Waals surface area contributed by atoms with Crippen LogP contribution in [0.15, 0.2) is 36.5 Å². The van der Waals surface area contributed by atoms with Crippen LogP contribution in [0.5, 0.6) is 0 Å². The first-order chi connectivity index (χ1) is 16.1. The van der Waals surface area contributed by atoms with E-state index >= 15 is 0 Å². The fraction of sp³-hybridized carbons (Fsp3) is 0.577. The van der Waals surface area contributed by atoms with E-state index in [1.165, 1.54) is 5.56 Å². The van der Waals surface area contributed by atoms with Gasteiger partial charge in [0.05, 0.1) is 12.2 Å². The second kappa shape index (κ2) is 9.77. The number of likely N-dealkylation sites (N-methyl/N-ethyl adjacent to an activating group) is 1. The molecule has 2 saturated heterocycles. The Kier molecular flexibility index (Phi) is 6.60. The van der Waals surface area contributed by atoms with Crippen LogP contribution < -0.4 is 5.32 Å². The SMILES string of the molecule is C[C@@H]1Cc2cnc(NC3CCOCC3)nc2CN1C(=O)C1CCN(C)C[C@@H]1c1ccccc1. The zero-order valence-electron chi connectivity index (χ0n) is 19.7. The summed E-state index contributed by atoms with van der Waals surface area (Å²) in [5.74, 6) is 1.17. The van der Waals surface area contributed by atoms with Gasteiger partial charge in [0.1, 0.15) is 0 Å². The minimum Gasteiger partial charge on any atom is -0.381 e. The lowest BCUT2D eigenvalue weighted by Crippen LogP contribution is -2.50. The molecule has 7 nitrogen and oxygen atoms in total. The average Bonchev–Trinajstić information content (AvgIpc) is 2.84. The Morgan fingerprint density at radius 3 is 2.73 bits per heavy atom. The van der Waals surface area contributed by atoms with Crippen molar-refractivity contribution in [1.29, 1.82) is 0 Å². The van der Waals surface area contributed by atoms with Gasteiger partial charge in [0, 0.05) is 49.9 Å². The number of amides is 1. The predicted molar refractivity (Wildman–Crippen MR) is 128 cm³/mol. The van der Waals surface area contributed by atoms with Crippen LogP contribution in [0.3, 0.4) is 0 Å². The molecular weight excluding hydrogens is 414 g/mol. The molecule has 1 N–H and O–H groups in total. The number of carbonyl (C=O) groups is 1. The zero-order valence-corrected chi connectivity index (χ0v) is 19.7. The number of piperidine rings is 1. The number of rotatable bonds is 4. The van der Waals surface area contributed by atoms with E-state index in [1.807, 2.05) is 12.3 Å². The molecule has 0 aliphatic carbocycles. The second-order valence-electron chi connectivity index (χ2n) is 9.89. The summed E-state index contributed by atoms with van der Waals surface area (Å²) in [6.07, 6.45) is 5.59. The van der Waals surface area contributed by atoms with Crippen molar-refractivity contribution in [2.24, 2.45) is 5.92 Å². The number of ether oxygens (including phenoxy) is 1. The number of benzene rings is 1. The van der Waals surface area contributed by atoms with E-state index in [1.54, 1.807) is 0 Å². The average molecular weight is 450 g/mol. The molecule has 4 heterocycles. The highest BCUT2D eigenvalue weighted by molar-refractivity contribution is 5.80. The van der Waals surface area contributed by atoms with Gasteiger partial charge in [-0.15, -0.1) is 0 Å². The van der Waals surface area contributed by atoms with Gasteiger partial charge < -0.3 is 19.9 Å². The Bertz CT molecular complexity index is 962. The van der Waals surface area contributed by atoms with E-state index in [2.05, 4.69) is 58.3 Å². The van der Waals surface area contributed by atoms with E-state index in [0.717, 1.165) is 63.2 Å². The second-order valence-corrected chi connectivity index (χ2v) is 9.89. The van der Waals surface area contributed by atoms with Crippen LogP contribution in [-0.4, -0.2) is 71.1 Å². The number of hydrogen-bond acceptors (Lipinski definition) is 6. The van der Waals surface area contributed by atoms with Crippen molar-refractivity contribution in [1.82, 2.24) is 19.8 Å². The van der Waals surface area contributed by atoms with Crippen LogP contribution in [0.25, 0.3) is 0 Å². The molecule has 0 radical (unpaired) electrons. The number of likely N-dealkylation sites (tertiary alicyclic amines) is 1. The number of aromatic nitrogens is 2. The molecule has 5 rings (SSSR count).